The van der Waals surface area contributed by atoms with Gasteiger partial charge in [-0.3, -0.25) is 0 Å². The van der Waals surface area contributed by atoms with Crippen molar-refractivity contribution < 1.29 is 9.31 Å². The Morgan fingerprint density at radius 1 is 1.15 bits per heavy atom. The summed E-state index contributed by atoms with van der Waals surface area (Å²) >= 11 is 0. The standard InChI is InChI=1S/C10H19BO2/c1-6-7-8-11-12-9(2,3)10(4,5)13-11/h6H,1,7-8H2,2-5H3. The Kier molecular flexibility index (Phi) is 2.88. The fourth-order valence-electron chi connectivity index (χ4n) is 1.34. The minimum absolute atomic E-state index is 0.0667. The summed E-state index contributed by atoms with van der Waals surface area (Å²) in [5.41, 5.74) is -0.391. The number of hydrogen-bond donors (Lipinski definition) is 0. The van der Waals surface area contributed by atoms with Crippen LogP contribution in [0.25, 0.3) is 0 Å². The number of allylic oxidation sites excluding steroid dienone is 1. The summed E-state index contributed by atoms with van der Waals surface area (Å²) in [5, 5.41) is 0. The minimum Gasteiger partial charge on any atom is -0.403 e. The zero-order chi connectivity index (χ0) is 10.1. The van der Waals surface area contributed by atoms with E-state index in [2.05, 4.69) is 34.3 Å². The van der Waals surface area contributed by atoms with E-state index in [9.17, 15) is 0 Å². The van der Waals surface area contributed by atoms with Gasteiger partial charge in [-0.25, -0.2) is 0 Å². The van der Waals surface area contributed by atoms with Gasteiger partial charge in [-0.15, -0.1) is 6.58 Å². The van der Waals surface area contributed by atoms with Gasteiger partial charge in [0.05, 0.1) is 11.2 Å². The first-order chi connectivity index (χ1) is 5.89. The second kappa shape index (κ2) is 3.47. The molecule has 74 valence electrons. The SMILES string of the molecule is C=CCCB1OC(C)(C)C(C)(C)O1. The maximum absolute atomic E-state index is 5.80. The second-order valence-electron chi connectivity index (χ2n) is 4.55. The van der Waals surface area contributed by atoms with Crippen molar-refractivity contribution in [2.75, 3.05) is 0 Å². The Hall–Kier alpha value is -0.275. The lowest BCUT2D eigenvalue weighted by Crippen LogP contribution is -2.41. The van der Waals surface area contributed by atoms with Gasteiger partial charge in [0.25, 0.3) is 0 Å². The summed E-state index contributed by atoms with van der Waals surface area (Å²) in [4.78, 5) is 0. The molecule has 0 N–H and O–H groups in total. The molecule has 1 rings (SSSR count). The largest absolute Gasteiger partial charge is 0.458 e. The molecule has 0 aromatic carbocycles. The molecule has 1 heterocycles. The molecule has 0 atom stereocenters. The van der Waals surface area contributed by atoms with Crippen LogP contribution in [-0.2, 0) is 9.31 Å². The molecule has 2 nitrogen and oxygen atoms in total. The first kappa shape index (κ1) is 10.8. The Balaban J connectivity index is 2.54. The van der Waals surface area contributed by atoms with Gasteiger partial charge in [-0.1, -0.05) is 6.08 Å². The van der Waals surface area contributed by atoms with Crippen molar-refractivity contribution >= 4 is 7.12 Å². The normalized spacial score (nSPS) is 24.8. The summed E-state index contributed by atoms with van der Waals surface area (Å²) in [6, 6.07) is 0. The van der Waals surface area contributed by atoms with Crippen LogP contribution in [0.3, 0.4) is 0 Å². The average molecular weight is 182 g/mol. The molecule has 1 fully saturated rings. The highest BCUT2D eigenvalue weighted by Gasteiger charge is 2.50. The Bertz CT molecular complexity index is 183. The quantitative estimate of drug-likeness (QED) is 0.493. The zero-order valence-corrected chi connectivity index (χ0v) is 9.09. The lowest BCUT2D eigenvalue weighted by atomic mass is 9.83. The van der Waals surface area contributed by atoms with Gasteiger partial charge in [0.1, 0.15) is 0 Å². The lowest BCUT2D eigenvalue weighted by Gasteiger charge is -2.32. The van der Waals surface area contributed by atoms with Crippen LogP contribution in [0.1, 0.15) is 34.1 Å². The molecule has 0 unspecified atom stereocenters. The molecule has 13 heavy (non-hydrogen) atoms. The van der Waals surface area contributed by atoms with Gasteiger partial charge in [-0.2, -0.15) is 0 Å². The van der Waals surface area contributed by atoms with Gasteiger partial charge < -0.3 is 9.31 Å². The molecular formula is C10H19BO2. The third-order valence-corrected chi connectivity index (χ3v) is 2.91. The third kappa shape index (κ3) is 2.15. The van der Waals surface area contributed by atoms with Gasteiger partial charge in [-0.05, 0) is 40.4 Å². The molecular weight excluding hydrogens is 163 g/mol. The van der Waals surface area contributed by atoms with E-state index in [-0.39, 0.29) is 18.3 Å². The van der Waals surface area contributed by atoms with E-state index in [0.717, 1.165) is 12.7 Å². The van der Waals surface area contributed by atoms with E-state index in [1.807, 2.05) is 6.08 Å². The zero-order valence-electron chi connectivity index (χ0n) is 9.09. The van der Waals surface area contributed by atoms with E-state index in [1.54, 1.807) is 0 Å². The van der Waals surface area contributed by atoms with E-state index in [1.165, 1.54) is 0 Å². The van der Waals surface area contributed by atoms with E-state index in [0.29, 0.717) is 0 Å². The van der Waals surface area contributed by atoms with Crippen molar-refractivity contribution in [3.8, 4) is 0 Å². The van der Waals surface area contributed by atoms with Crippen molar-refractivity contribution in [2.24, 2.45) is 0 Å². The van der Waals surface area contributed by atoms with Crippen LogP contribution in [-0.4, -0.2) is 18.3 Å². The Morgan fingerprint density at radius 2 is 1.62 bits per heavy atom. The smallest absolute Gasteiger partial charge is 0.403 e. The predicted octanol–water partition coefficient (Wildman–Crippen LogP) is 2.65. The maximum atomic E-state index is 5.80. The van der Waals surface area contributed by atoms with Crippen molar-refractivity contribution in [2.45, 2.75) is 51.6 Å². The van der Waals surface area contributed by atoms with Crippen LogP contribution < -0.4 is 0 Å². The number of hydrogen-bond acceptors (Lipinski definition) is 2. The first-order valence-corrected chi connectivity index (χ1v) is 4.85. The van der Waals surface area contributed by atoms with Gasteiger partial charge in [0.2, 0.25) is 0 Å². The van der Waals surface area contributed by atoms with E-state index >= 15 is 0 Å². The summed E-state index contributed by atoms with van der Waals surface area (Å²) < 4.78 is 11.6. The molecule has 0 bridgehead atoms. The van der Waals surface area contributed by atoms with Crippen molar-refractivity contribution in [1.29, 1.82) is 0 Å². The molecule has 1 aliphatic heterocycles. The molecule has 0 spiro atoms. The number of rotatable bonds is 3. The fourth-order valence-corrected chi connectivity index (χ4v) is 1.34. The van der Waals surface area contributed by atoms with Crippen LogP contribution >= 0.6 is 0 Å². The van der Waals surface area contributed by atoms with Crippen LogP contribution in [0.2, 0.25) is 6.32 Å². The topological polar surface area (TPSA) is 18.5 Å². The van der Waals surface area contributed by atoms with Crippen molar-refractivity contribution in [3.63, 3.8) is 0 Å². The summed E-state index contributed by atoms with van der Waals surface area (Å²) in [6.45, 7) is 12.0. The summed E-state index contributed by atoms with van der Waals surface area (Å²) in [5.74, 6) is 0. The lowest BCUT2D eigenvalue weighted by molar-refractivity contribution is 0.00578. The third-order valence-electron chi connectivity index (χ3n) is 2.91. The minimum atomic E-state index is -0.196. The van der Waals surface area contributed by atoms with Crippen molar-refractivity contribution in [3.05, 3.63) is 12.7 Å². The predicted molar refractivity (Wildman–Crippen MR) is 55.7 cm³/mol. The first-order valence-electron chi connectivity index (χ1n) is 4.85. The molecule has 1 saturated heterocycles. The summed E-state index contributed by atoms with van der Waals surface area (Å²) in [6.07, 6.45) is 3.73. The highest BCUT2D eigenvalue weighted by molar-refractivity contribution is 6.45. The van der Waals surface area contributed by atoms with Crippen molar-refractivity contribution in [1.82, 2.24) is 0 Å². The molecule has 3 heteroatoms. The summed E-state index contributed by atoms with van der Waals surface area (Å²) in [7, 11) is -0.0667. The van der Waals surface area contributed by atoms with Crippen LogP contribution in [0.4, 0.5) is 0 Å². The van der Waals surface area contributed by atoms with Gasteiger partial charge >= 0.3 is 7.12 Å². The Morgan fingerprint density at radius 3 is 2.00 bits per heavy atom. The fraction of sp³-hybridized carbons (Fsp3) is 0.800. The van der Waals surface area contributed by atoms with Crippen LogP contribution in [0, 0.1) is 0 Å². The van der Waals surface area contributed by atoms with E-state index in [4.69, 9.17) is 9.31 Å². The molecule has 0 aliphatic carbocycles. The van der Waals surface area contributed by atoms with Gasteiger partial charge in [0.15, 0.2) is 0 Å². The molecule has 0 saturated carbocycles. The second-order valence-corrected chi connectivity index (χ2v) is 4.55. The molecule has 0 radical (unpaired) electrons. The molecule has 0 amide bonds. The molecule has 0 aromatic heterocycles. The highest BCUT2D eigenvalue weighted by Crippen LogP contribution is 2.37. The molecule has 0 aromatic rings. The maximum Gasteiger partial charge on any atom is 0.458 e. The van der Waals surface area contributed by atoms with Gasteiger partial charge in [0, 0.05) is 0 Å². The van der Waals surface area contributed by atoms with E-state index < -0.39 is 0 Å². The average Bonchev–Trinajstić information content (AvgIpc) is 2.17. The monoisotopic (exact) mass is 182 g/mol. The van der Waals surface area contributed by atoms with Crippen LogP contribution in [0.15, 0.2) is 12.7 Å². The molecule has 1 aliphatic rings. The highest BCUT2D eigenvalue weighted by atomic mass is 16.7. The van der Waals surface area contributed by atoms with Crippen LogP contribution in [0.5, 0.6) is 0 Å². The Labute approximate surface area is 81.4 Å².